The van der Waals surface area contributed by atoms with Gasteiger partial charge >= 0.3 is 5.97 Å². The minimum atomic E-state index is -0.791. The number of aryl methyl sites for hydroxylation is 1. The molecule has 3 nitrogen and oxygen atoms in total. The highest BCUT2D eigenvalue weighted by Crippen LogP contribution is 2.26. The lowest BCUT2D eigenvalue weighted by atomic mass is 10.00. The zero-order valence-corrected chi connectivity index (χ0v) is 9.97. The second-order valence-corrected chi connectivity index (χ2v) is 4.18. The van der Waals surface area contributed by atoms with Gasteiger partial charge < -0.3 is 10.8 Å². The lowest BCUT2D eigenvalue weighted by molar-refractivity contribution is -0.136. The van der Waals surface area contributed by atoms with E-state index in [-0.39, 0.29) is 6.42 Å². The number of hydrogen-bond acceptors (Lipinski definition) is 2. The van der Waals surface area contributed by atoms with Crippen LogP contribution in [0.3, 0.4) is 0 Å². The van der Waals surface area contributed by atoms with Gasteiger partial charge in [-0.3, -0.25) is 4.79 Å². The quantitative estimate of drug-likeness (QED) is 0.809. The Morgan fingerprint density at radius 2 is 1.83 bits per heavy atom. The van der Waals surface area contributed by atoms with Crippen LogP contribution in [0.1, 0.15) is 12.0 Å². The first-order chi connectivity index (χ1) is 8.66. The van der Waals surface area contributed by atoms with Crippen LogP contribution in [-0.4, -0.2) is 11.1 Å². The molecule has 0 aliphatic rings. The Morgan fingerprint density at radius 3 is 2.44 bits per heavy atom. The predicted octanol–water partition coefficient (Wildman–Crippen LogP) is 2.95. The van der Waals surface area contributed by atoms with Gasteiger partial charge in [0.15, 0.2) is 0 Å². The van der Waals surface area contributed by atoms with E-state index in [0.29, 0.717) is 12.1 Å². The predicted molar refractivity (Wildman–Crippen MR) is 72.2 cm³/mol. The molecule has 3 N–H and O–H groups in total. The summed E-state index contributed by atoms with van der Waals surface area (Å²) in [6, 6.07) is 15.6. The SMILES string of the molecule is Nc1cc(CCC(=O)O)ccc1-c1ccccc1. The molecule has 0 aromatic heterocycles. The van der Waals surface area contributed by atoms with Crippen LogP contribution in [0.2, 0.25) is 0 Å². The topological polar surface area (TPSA) is 63.3 Å². The van der Waals surface area contributed by atoms with Crippen molar-refractivity contribution >= 4 is 11.7 Å². The largest absolute Gasteiger partial charge is 0.481 e. The van der Waals surface area contributed by atoms with Crippen molar-refractivity contribution in [1.29, 1.82) is 0 Å². The van der Waals surface area contributed by atoms with Crippen LogP contribution in [0.25, 0.3) is 11.1 Å². The third-order valence-corrected chi connectivity index (χ3v) is 2.83. The van der Waals surface area contributed by atoms with Gasteiger partial charge in [-0.1, -0.05) is 42.5 Å². The highest BCUT2D eigenvalue weighted by molar-refractivity contribution is 5.76. The minimum absolute atomic E-state index is 0.129. The van der Waals surface area contributed by atoms with Crippen molar-refractivity contribution in [3.05, 3.63) is 54.1 Å². The molecule has 0 aliphatic carbocycles. The number of benzene rings is 2. The molecule has 0 fully saturated rings. The van der Waals surface area contributed by atoms with E-state index < -0.39 is 5.97 Å². The van der Waals surface area contributed by atoms with Crippen LogP contribution in [0.5, 0.6) is 0 Å². The van der Waals surface area contributed by atoms with Crippen LogP contribution in [0.4, 0.5) is 5.69 Å². The fraction of sp³-hybridized carbons (Fsp3) is 0.133. The number of carboxylic acid groups (broad SMARTS) is 1. The molecule has 2 aromatic carbocycles. The summed E-state index contributed by atoms with van der Waals surface area (Å²) in [6.07, 6.45) is 0.638. The molecular formula is C15H15NO2. The monoisotopic (exact) mass is 241 g/mol. The maximum Gasteiger partial charge on any atom is 0.303 e. The number of nitrogens with two attached hydrogens (primary N) is 1. The lowest BCUT2D eigenvalue weighted by Crippen LogP contribution is -1.99. The van der Waals surface area contributed by atoms with Gasteiger partial charge in [0.1, 0.15) is 0 Å². The molecule has 0 bridgehead atoms. The molecule has 0 amide bonds. The van der Waals surface area contributed by atoms with Gasteiger partial charge in [-0.2, -0.15) is 0 Å². The highest BCUT2D eigenvalue weighted by atomic mass is 16.4. The molecule has 2 aromatic rings. The standard InChI is InChI=1S/C15H15NO2/c16-14-10-11(7-9-15(17)18)6-8-13(14)12-4-2-1-3-5-12/h1-6,8,10H,7,9,16H2,(H,17,18). The van der Waals surface area contributed by atoms with E-state index in [1.807, 2.05) is 48.5 Å². The molecule has 0 unspecified atom stereocenters. The molecule has 92 valence electrons. The van der Waals surface area contributed by atoms with Gasteiger partial charge in [0.05, 0.1) is 0 Å². The summed E-state index contributed by atoms with van der Waals surface area (Å²) in [5.41, 5.74) is 9.70. The number of hydrogen-bond donors (Lipinski definition) is 2. The van der Waals surface area contributed by atoms with E-state index in [2.05, 4.69) is 0 Å². The van der Waals surface area contributed by atoms with Gasteiger partial charge in [-0.15, -0.1) is 0 Å². The molecule has 0 spiro atoms. The van der Waals surface area contributed by atoms with Crippen molar-refractivity contribution in [3.8, 4) is 11.1 Å². The number of nitrogen functional groups attached to an aromatic ring is 1. The van der Waals surface area contributed by atoms with E-state index in [1.54, 1.807) is 0 Å². The maximum absolute atomic E-state index is 10.5. The smallest absolute Gasteiger partial charge is 0.303 e. The lowest BCUT2D eigenvalue weighted by Gasteiger charge is -2.08. The molecule has 2 rings (SSSR count). The van der Waals surface area contributed by atoms with Crippen molar-refractivity contribution < 1.29 is 9.90 Å². The highest BCUT2D eigenvalue weighted by Gasteiger charge is 2.04. The van der Waals surface area contributed by atoms with Crippen LogP contribution < -0.4 is 5.73 Å². The zero-order valence-electron chi connectivity index (χ0n) is 9.97. The fourth-order valence-electron chi connectivity index (χ4n) is 1.90. The number of aliphatic carboxylic acids is 1. The average molecular weight is 241 g/mol. The van der Waals surface area contributed by atoms with Gasteiger partial charge in [-0.05, 0) is 23.6 Å². The molecule has 0 atom stereocenters. The van der Waals surface area contributed by atoms with Gasteiger partial charge in [0.25, 0.3) is 0 Å². The number of carbonyl (C=O) groups is 1. The van der Waals surface area contributed by atoms with Crippen molar-refractivity contribution in [2.24, 2.45) is 0 Å². The van der Waals surface area contributed by atoms with Crippen LogP contribution >= 0.6 is 0 Å². The minimum Gasteiger partial charge on any atom is -0.481 e. The number of rotatable bonds is 4. The zero-order chi connectivity index (χ0) is 13.0. The maximum atomic E-state index is 10.5. The van der Waals surface area contributed by atoms with Crippen LogP contribution in [0, 0.1) is 0 Å². The van der Waals surface area contributed by atoms with Crippen molar-refractivity contribution in [1.82, 2.24) is 0 Å². The summed E-state index contributed by atoms with van der Waals surface area (Å²) in [5, 5.41) is 8.65. The van der Waals surface area contributed by atoms with E-state index in [1.165, 1.54) is 0 Å². The summed E-state index contributed by atoms with van der Waals surface area (Å²) < 4.78 is 0. The number of carboxylic acids is 1. The summed E-state index contributed by atoms with van der Waals surface area (Å²) in [7, 11) is 0. The van der Waals surface area contributed by atoms with E-state index in [0.717, 1.165) is 16.7 Å². The van der Waals surface area contributed by atoms with Gasteiger partial charge in [0, 0.05) is 17.7 Å². The Morgan fingerprint density at radius 1 is 1.11 bits per heavy atom. The third-order valence-electron chi connectivity index (χ3n) is 2.83. The van der Waals surface area contributed by atoms with Gasteiger partial charge in [-0.25, -0.2) is 0 Å². The summed E-state index contributed by atoms with van der Waals surface area (Å²) >= 11 is 0. The van der Waals surface area contributed by atoms with Crippen molar-refractivity contribution in [2.45, 2.75) is 12.8 Å². The Kier molecular flexibility index (Phi) is 3.63. The Hall–Kier alpha value is -2.29. The average Bonchev–Trinajstić information content (AvgIpc) is 2.37. The first-order valence-electron chi connectivity index (χ1n) is 5.82. The summed E-state index contributed by atoms with van der Waals surface area (Å²) in [4.78, 5) is 10.5. The second-order valence-electron chi connectivity index (χ2n) is 4.18. The van der Waals surface area contributed by atoms with Crippen LogP contribution in [0.15, 0.2) is 48.5 Å². The van der Waals surface area contributed by atoms with Crippen molar-refractivity contribution in [3.63, 3.8) is 0 Å². The van der Waals surface area contributed by atoms with E-state index >= 15 is 0 Å². The summed E-state index contributed by atoms with van der Waals surface area (Å²) in [6.45, 7) is 0. The molecule has 0 heterocycles. The van der Waals surface area contributed by atoms with Crippen LogP contribution in [-0.2, 0) is 11.2 Å². The molecule has 0 aliphatic heterocycles. The summed E-state index contributed by atoms with van der Waals surface area (Å²) in [5.74, 6) is -0.791. The van der Waals surface area contributed by atoms with Crippen molar-refractivity contribution in [2.75, 3.05) is 5.73 Å². The molecule has 18 heavy (non-hydrogen) atoms. The molecule has 0 radical (unpaired) electrons. The Labute approximate surface area is 106 Å². The molecule has 3 heteroatoms. The first-order valence-corrected chi connectivity index (χ1v) is 5.82. The second kappa shape index (κ2) is 5.36. The Bertz CT molecular complexity index is 550. The third kappa shape index (κ3) is 2.88. The van der Waals surface area contributed by atoms with E-state index in [9.17, 15) is 4.79 Å². The first kappa shape index (κ1) is 12.2. The normalized spacial score (nSPS) is 10.2. The fourth-order valence-corrected chi connectivity index (χ4v) is 1.90. The van der Waals surface area contributed by atoms with Gasteiger partial charge in [0.2, 0.25) is 0 Å². The molecule has 0 saturated carbocycles. The van der Waals surface area contributed by atoms with E-state index in [4.69, 9.17) is 10.8 Å². The molecule has 0 saturated heterocycles. The Balaban J connectivity index is 2.23. The molecular weight excluding hydrogens is 226 g/mol. The number of anilines is 1.